The summed E-state index contributed by atoms with van der Waals surface area (Å²) in [5.74, 6) is -2.03. The summed E-state index contributed by atoms with van der Waals surface area (Å²) in [5, 5.41) is 0. The highest BCUT2D eigenvalue weighted by Crippen LogP contribution is 2.79. The van der Waals surface area contributed by atoms with Crippen LogP contribution in [0.5, 0.6) is 0 Å². The van der Waals surface area contributed by atoms with E-state index in [4.69, 9.17) is 9.47 Å². The average molecular weight is 471 g/mol. The van der Waals surface area contributed by atoms with Crippen molar-refractivity contribution in [2.24, 2.45) is 22.2 Å². The Kier molecular flexibility index (Phi) is 5.35. The molecule has 1 heterocycles. The van der Waals surface area contributed by atoms with Gasteiger partial charge in [0.15, 0.2) is 16.6 Å². The molecule has 2 aromatic carbocycles. The minimum Gasteiger partial charge on any atom is -0.468 e. The van der Waals surface area contributed by atoms with Crippen LogP contribution < -0.4 is 0 Å². The van der Waals surface area contributed by atoms with Crippen molar-refractivity contribution in [3.63, 3.8) is 0 Å². The first-order chi connectivity index (χ1) is 16.8. The molecular formula is C30H30O5. The van der Waals surface area contributed by atoms with Crippen molar-refractivity contribution in [3.8, 4) is 0 Å². The number of hydrogen-bond acceptors (Lipinski definition) is 5. The molecule has 5 nitrogen and oxygen atoms in total. The minimum atomic E-state index is -1.62. The molecule has 3 aliphatic rings. The summed E-state index contributed by atoms with van der Waals surface area (Å²) in [6, 6.07) is 18.9. The molecule has 1 saturated heterocycles. The number of Topliss-reactive ketones (excluding diaryl/α,β-unsaturated/α-hetero) is 1. The van der Waals surface area contributed by atoms with Crippen LogP contribution in [-0.2, 0) is 23.9 Å². The van der Waals surface area contributed by atoms with Gasteiger partial charge in [-0.1, -0.05) is 79.2 Å². The zero-order valence-corrected chi connectivity index (χ0v) is 20.6. The Morgan fingerprint density at radius 2 is 1.57 bits per heavy atom. The van der Waals surface area contributed by atoms with Crippen LogP contribution in [0.2, 0.25) is 0 Å². The first-order valence-corrected chi connectivity index (χ1v) is 12.1. The normalized spacial score (nSPS) is 30.8. The van der Waals surface area contributed by atoms with Crippen LogP contribution >= 0.6 is 0 Å². The number of carbonyl (C=O) groups excluding carboxylic acids is 3. The van der Waals surface area contributed by atoms with Gasteiger partial charge in [-0.15, -0.1) is 0 Å². The lowest BCUT2D eigenvalue weighted by Gasteiger charge is -2.47. The molecule has 35 heavy (non-hydrogen) atoms. The van der Waals surface area contributed by atoms with Gasteiger partial charge in [0.1, 0.15) is 0 Å². The van der Waals surface area contributed by atoms with Crippen molar-refractivity contribution >= 4 is 28.9 Å². The van der Waals surface area contributed by atoms with Crippen LogP contribution in [0.25, 0.3) is 11.1 Å². The van der Waals surface area contributed by atoms with Crippen LogP contribution in [0.1, 0.15) is 44.7 Å². The monoisotopic (exact) mass is 470 g/mol. The molecule has 0 radical (unpaired) electrons. The highest BCUT2D eigenvalue weighted by molar-refractivity contribution is 6.39. The van der Waals surface area contributed by atoms with Gasteiger partial charge in [-0.05, 0) is 49.0 Å². The maximum absolute atomic E-state index is 14.7. The van der Waals surface area contributed by atoms with Gasteiger partial charge in [0.05, 0.1) is 13.7 Å². The summed E-state index contributed by atoms with van der Waals surface area (Å²) in [6.45, 7) is 6.13. The van der Waals surface area contributed by atoms with Crippen molar-refractivity contribution in [3.05, 3.63) is 83.4 Å². The fraction of sp³-hybridized carbons (Fsp3) is 0.367. The second-order valence-electron chi connectivity index (χ2n) is 10.2. The van der Waals surface area contributed by atoms with Gasteiger partial charge >= 0.3 is 11.9 Å². The summed E-state index contributed by atoms with van der Waals surface area (Å²) in [6.07, 6.45) is 3.33. The Morgan fingerprint density at radius 3 is 2.11 bits per heavy atom. The van der Waals surface area contributed by atoms with Crippen molar-refractivity contribution in [1.82, 2.24) is 0 Å². The van der Waals surface area contributed by atoms with Gasteiger partial charge in [-0.3, -0.25) is 14.4 Å². The van der Waals surface area contributed by atoms with E-state index < -0.39 is 39.9 Å². The van der Waals surface area contributed by atoms with E-state index in [0.29, 0.717) is 24.0 Å². The largest absolute Gasteiger partial charge is 0.468 e. The number of methoxy groups -OCH3 is 1. The SMILES string of the molecule is COC(=O)[C@]12C(=O)[C@@]3(C(=O)OC[C@@H]3C1(C)CCC=C(C)C)C(c1ccccc1)=C2c1ccccc1. The number of rotatable bonds is 6. The van der Waals surface area contributed by atoms with Gasteiger partial charge < -0.3 is 9.47 Å². The van der Waals surface area contributed by atoms with Gasteiger partial charge in [-0.25, -0.2) is 0 Å². The van der Waals surface area contributed by atoms with Crippen LogP contribution in [-0.4, -0.2) is 31.4 Å². The molecule has 1 unspecified atom stereocenters. The van der Waals surface area contributed by atoms with E-state index in [9.17, 15) is 14.4 Å². The number of ether oxygens (including phenoxy) is 2. The molecule has 1 spiro atoms. The number of allylic oxidation sites excluding steroid dienone is 2. The number of cyclic esters (lactones) is 1. The fourth-order valence-corrected chi connectivity index (χ4v) is 6.99. The van der Waals surface area contributed by atoms with E-state index in [2.05, 4.69) is 6.08 Å². The zero-order chi connectivity index (χ0) is 25.0. The Labute approximate surface area is 205 Å². The third kappa shape index (κ3) is 2.72. The van der Waals surface area contributed by atoms with Gasteiger partial charge in [0.25, 0.3) is 0 Å². The molecule has 5 rings (SSSR count). The summed E-state index contributed by atoms with van der Waals surface area (Å²) in [7, 11) is 1.32. The summed E-state index contributed by atoms with van der Waals surface area (Å²) < 4.78 is 11.1. The van der Waals surface area contributed by atoms with E-state index in [1.165, 1.54) is 7.11 Å². The van der Waals surface area contributed by atoms with E-state index >= 15 is 0 Å². The quantitative estimate of drug-likeness (QED) is 0.327. The lowest BCUT2D eigenvalue weighted by molar-refractivity contribution is -0.160. The summed E-state index contributed by atoms with van der Waals surface area (Å²) >= 11 is 0. The minimum absolute atomic E-state index is 0.104. The van der Waals surface area contributed by atoms with Crippen molar-refractivity contribution in [2.45, 2.75) is 33.6 Å². The number of carbonyl (C=O) groups is 3. The topological polar surface area (TPSA) is 69.7 Å². The summed E-state index contributed by atoms with van der Waals surface area (Å²) in [5.41, 5.74) is -0.211. The zero-order valence-electron chi connectivity index (χ0n) is 20.6. The third-order valence-corrected chi connectivity index (χ3v) is 8.40. The van der Waals surface area contributed by atoms with Crippen LogP contribution in [0.15, 0.2) is 72.3 Å². The number of esters is 2. The second-order valence-corrected chi connectivity index (χ2v) is 10.2. The van der Waals surface area contributed by atoms with E-state index in [1.54, 1.807) is 0 Å². The van der Waals surface area contributed by atoms with Gasteiger partial charge in [-0.2, -0.15) is 0 Å². The Bertz CT molecular complexity index is 1270. The van der Waals surface area contributed by atoms with Crippen LogP contribution in [0, 0.1) is 22.2 Å². The first-order valence-electron chi connectivity index (χ1n) is 12.1. The average Bonchev–Trinajstić information content (AvgIpc) is 3.39. The molecule has 0 N–H and O–H groups in total. The number of ketones is 1. The van der Waals surface area contributed by atoms with Crippen molar-refractivity contribution in [2.75, 3.05) is 13.7 Å². The standard InChI is InChI=1S/C30H30O5/c1-19(2)12-11-17-28(3)22-18-35-26(32)29(22)23(20-13-7-5-8-14-20)24(21-15-9-6-10-16-21)30(28,25(29)31)27(33)34-4/h5-10,12-16,22H,11,17-18H2,1-4H3/t22-,28?,29+,30+/m1/s1. The Hall–Kier alpha value is -3.47. The van der Waals surface area contributed by atoms with Gasteiger partial charge in [0.2, 0.25) is 0 Å². The number of benzene rings is 2. The molecule has 0 aromatic heterocycles. The Morgan fingerprint density at radius 1 is 1.00 bits per heavy atom. The van der Waals surface area contributed by atoms with Crippen LogP contribution in [0.4, 0.5) is 0 Å². The molecule has 4 atom stereocenters. The highest BCUT2D eigenvalue weighted by atomic mass is 16.5. The first kappa shape index (κ1) is 23.3. The molecule has 0 amide bonds. The molecule has 2 bridgehead atoms. The van der Waals surface area contributed by atoms with E-state index in [-0.39, 0.29) is 6.61 Å². The molecule has 2 aliphatic carbocycles. The molecule has 1 saturated carbocycles. The highest BCUT2D eigenvalue weighted by Gasteiger charge is 2.87. The predicted octanol–water partition coefficient (Wildman–Crippen LogP) is 5.27. The van der Waals surface area contributed by atoms with E-state index in [1.807, 2.05) is 81.4 Å². The Balaban J connectivity index is 1.93. The second kappa shape index (κ2) is 8.04. The van der Waals surface area contributed by atoms with Crippen LogP contribution in [0.3, 0.4) is 0 Å². The molecule has 2 aromatic rings. The maximum atomic E-state index is 14.7. The molecule has 180 valence electrons. The number of hydrogen-bond donors (Lipinski definition) is 0. The maximum Gasteiger partial charge on any atom is 0.324 e. The smallest absolute Gasteiger partial charge is 0.324 e. The lowest BCUT2D eigenvalue weighted by Crippen LogP contribution is -2.50. The summed E-state index contributed by atoms with van der Waals surface area (Å²) in [4.78, 5) is 42.4. The van der Waals surface area contributed by atoms with Crippen molar-refractivity contribution < 1.29 is 23.9 Å². The lowest BCUT2D eigenvalue weighted by atomic mass is 9.52. The molecule has 5 heteroatoms. The van der Waals surface area contributed by atoms with Crippen molar-refractivity contribution in [1.29, 1.82) is 0 Å². The van der Waals surface area contributed by atoms with Gasteiger partial charge in [0, 0.05) is 11.3 Å². The molecular weight excluding hydrogens is 440 g/mol. The predicted molar refractivity (Wildman–Crippen MR) is 133 cm³/mol. The fourth-order valence-electron chi connectivity index (χ4n) is 6.99. The third-order valence-electron chi connectivity index (χ3n) is 8.40. The van der Waals surface area contributed by atoms with E-state index in [0.717, 1.165) is 16.7 Å². The molecule has 2 fully saturated rings. The number of fused-ring (bicyclic) bond motifs is 1. The molecule has 1 aliphatic heterocycles.